The Labute approximate surface area is 741 Å². The van der Waals surface area contributed by atoms with E-state index in [1.54, 1.807) is 0 Å². The molecule has 23 aromatic rings. The van der Waals surface area contributed by atoms with E-state index < -0.39 is 0 Å². The third kappa shape index (κ3) is 15.7. The molecule has 128 heavy (non-hydrogen) atoms. The van der Waals surface area contributed by atoms with Crippen LogP contribution in [0, 0.1) is 0 Å². The number of rotatable bonds is 16. The highest BCUT2D eigenvalue weighted by Gasteiger charge is 2.21. The number of aromatic nitrogens is 9. The quantitative estimate of drug-likeness (QED) is 0.0872. The number of hydrogen-bond donors (Lipinski definition) is 0. The van der Waals surface area contributed by atoms with E-state index in [-0.39, 0.29) is 0 Å². The summed E-state index contributed by atoms with van der Waals surface area (Å²) >= 11 is 0. The first-order valence-corrected chi connectivity index (χ1v) is 43.0. The minimum atomic E-state index is 0.618. The van der Waals surface area contributed by atoms with Gasteiger partial charge >= 0.3 is 0 Å². The van der Waals surface area contributed by atoms with Crippen molar-refractivity contribution >= 4 is 54.4 Å². The molecule has 0 bridgehead atoms. The molecule has 6 aromatic heterocycles. The number of hydrogen-bond acceptors (Lipinski definition) is 9. The lowest BCUT2D eigenvalue weighted by Gasteiger charge is -2.14. The van der Waals surface area contributed by atoms with Crippen molar-refractivity contribution in [3.63, 3.8) is 0 Å². The molecule has 0 N–H and O–H groups in total. The highest BCUT2D eigenvalue weighted by Crippen LogP contribution is 2.43. The van der Waals surface area contributed by atoms with Crippen LogP contribution < -0.4 is 0 Å². The summed E-state index contributed by atoms with van der Waals surface area (Å²) < 4.78 is 0. The molecule has 0 saturated carbocycles. The second-order valence-electron chi connectivity index (χ2n) is 31.9. The molecular formula is C119H77N9. The Bertz CT molecular complexity index is 8030. The molecule has 0 aliphatic heterocycles. The van der Waals surface area contributed by atoms with Gasteiger partial charge in [-0.25, -0.2) is 44.9 Å². The Morgan fingerprint density at radius 2 is 0.383 bits per heavy atom. The Kier molecular flexibility index (Phi) is 20.5. The predicted molar refractivity (Wildman–Crippen MR) is 528 cm³/mol. The fourth-order valence-corrected chi connectivity index (χ4v) is 17.2. The Morgan fingerprint density at radius 3 is 0.836 bits per heavy atom. The molecule has 0 spiro atoms. The molecule has 9 nitrogen and oxygen atoms in total. The number of fused-ring (bicyclic) bond motifs is 7. The average molecular weight is 1630 g/mol. The summed E-state index contributed by atoms with van der Waals surface area (Å²) in [5, 5.41) is 6.56. The summed E-state index contributed by atoms with van der Waals surface area (Å²) in [6.07, 6.45) is 0. The van der Waals surface area contributed by atoms with Gasteiger partial charge in [-0.1, -0.05) is 425 Å². The normalized spacial score (nSPS) is 11.3. The number of benzene rings is 17. The summed E-state index contributed by atoms with van der Waals surface area (Å²) in [6.45, 7) is 0. The van der Waals surface area contributed by atoms with Crippen LogP contribution in [0.2, 0.25) is 0 Å². The van der Waals surface area contributed by atoms with Gasteiger partial charge < -0.3 is 0 Å². The molecule has 0 fully saturated rings. The SMILES string of the molecule is c1ccc(-c2ccc(-c3cc(-c4ccccc4)nc(-c4cccc(-c5ccc(-c6cc(-c7cccc8ccccc78)nc7c6ccc6ccc(-c8ccccc8)nc67)cc5)c4)n3)cc2)cc1.c1ccc(-c2ccc(-c3nc(-c4ccccc4)nc(-c4cccc(-c5ccc(-c6cc(-c7ccccc7)nc7c6ccc6ccc(-c8ccccc8)nc67)cc5)c4)n3)cc2)cc1. The van der Waals surface area contributed by atoms with Crippen molar-refractivity contribution in [2.45, 2.75) is 0 Å². The molecule has 0 atom stereocenters. The largest absolute Gasteiger partial charge is 0.245 e. The monoisotopic (exact) mass is 1630 g/mol. The minimum Gasteiger partial charge on any atom is -0.245 e. The van der Waals surface area contributed by atoms with Crippen molar-refractivity contribution in [1.82, 2.24) is 44.9 Å². The zero-order valence-corrected chi connectivity index (χ0v) is 69.5. The van der Waals surface area contributed by atoms with Gasteiger partial charge in [0.2, 0.25) is 0 Å². The van der Waals surface area contributed by atoms with Crippen LogP contribution in [0.25, 0.3) is 234 Å². The Balaban J connectivity index is 0.000000151. The molecule has 6 heterocycles. The first-order chi connectivity index (χ1) is 63.4. The van der Waals surface area contributed by atoms with Crippen molar-refractivity contribution in [2.75, 3.05) is 0 Å². The van der Waals surface area contributed by atoms with E-state index in [1.807, 2.05) is 78.9 Å². The topological polar surface area (TPSA) is 116 Å². The first-order valence-electron chi connectivity index (χ1n) is 43.0. The van der Waals surface area contributed by atoms with Crippen molar-refractivity contribution in [2.24, 2.45) is 0 Å². The molecule has 0 saturated heterocycles. The predicted octanol–water partition coefficient (Wildman–Crippen LogP) is 30.4. The standard InChI is InChI=1S/C62H40N4.C57H37N5/c1-4-14-41(15-5-1)42-28-32-48(33-29-42)58-40-57(47-19-8-3-9-20-47)65-62(66-58)51-23-12-22-50(38-51)43-26-30-45(31-27-43)55-39-59(53-25-13-21-44-16-10-11-24-52(44)53)64-61-54(55)36-34-49-35-37-56(63-60(49)61)46-17-6-2-7-18-46;1-5-14-38(15-6-1)39-26-30-46(31-27-39)56-60-55(45-20-11-4-12-21-45)61-57(62-56)48-23-13-22-47(36-48)40-24-28-41(29-25-40)50-37-52(43-18-9-3-10-19-43)59-54-49(50)34-32-44-33-35-51(58-53(44)54)42-16-7-2-8-17-42/h1-40H;1-37H. The van der Waals surface area contributed by atoms with E-state index in [1.165, 1.54) is 22.1 Å². The van der Waals surface area contributed by atoms with Crippen LogP contribution in [0.3, 0.4) is 0 Å². The minimum absolute atomic E-state index is 0.618. The third-order valence-corrected chi connectivity index (χ3v) is 23.9. The van der Waals surface area contributed by atoms with Gasteiger partial charge in [0, 0.05) is 77.2 Å². The smallest absolute Gasteiger partial charge is 0.164 e. The molecule has 0 aliphatic rings. The van der Waals surface area contributed by atoms with Crippen LogP contribution in [0.5, 0.6) is 0 Å². The van der Waals surface area contributed by atoms with E-state index in [4.69, 9.17) is 44.9 Å². The number of pyridine rings is 4. The zero-order chi connectivity index (χ0) is 85.1. The van der Waals surface area contributed by atoms with Crippen LogP contribution in [-0.4, -0.2) is 44.9 Å². The van der Waals surface area contributed by atoms with Gasteiger partial charge in [-0.05, 0) is 120 Å². The summed E-state index contributed by atoms with van der Waals surface area (Å²) in [7, 11) is 0. The maximum absolute atomic E-state index is 5.44. The summed E-state index contributed by atoms with van der Waals surface area (Å²) in [5.74, 6) is 2.55. The molecule has 0 unspecified atom stereocenters. The lowest BCUT2D eigenvalue weighted by Crippen LogP contribution is -2.00. The molecule has 0 amide bonds. The molecular weight excluding hydrogens is 1560 g/mol. The average Bonchev–Trinajstić information content (AvgIpc) is 0.748. The van der Waals surface area contributed by atoms with Crippen molar-refractivity contribution in [1.29, 1.82) is 0 Å². The van der Waals surface area contributed by atoms with Crippen LogP contribution in [0.1, 0.15) is 0 Å². The van der Waals surface area contributed by atoms with Gasteiger partial charge in [0.05, 0.1) is 56.2 Å². The van der Waals surface area contributed by atoms with Gasteiger partial charge in [-0.3, -0.25) is 0 Å². The molecule has 17 aromatic carbocycles. The van der Waals surface area contributed by atoms with E-state index in [2.05, 4.69) is 388 Å². The Morgan fingerprint density at radius 1 is 0.109 bits per heavy atom. The molecule has 0 aliphatic carbocycles. The third-order valence-electron chi connectivity index (χ3n) is 23.9. The first kappa shape index (κ1) is 76.8. The summed E-state index contributed by atoms with van der Waals surface area (Å²) in [5.41, 5.74) is 32.5. The fourth-order valence-electron chi connectivity index (χ4n) is 17.2. The van der Waals surface area contributed by atoms with Crippen LogP contribution >= 0.6 is 0 Å². The molecule has 0 radical (unpaired) electrons. The zero-order valence-electron chi connectivity index (χ0n) is 69.5. The maximum atomic E-state index is 5.44. The van der Waals surface area contributed by atoms with Crippen molar-refractivity contribution in [3.05, 3.63) is 467 Å². The Hall–Kier alpha value is -17.3. The highest BCUT2D eigenvalue weighted by atomic mass is 15.0. The van der Waals surface area contributed by atoms with E-state index in [0.717, 1.165) is 189 Å². The van der Waals surface area contributed by atoms with Crippen molar-refractivity contribution in [3.8, 4) is 180 Å². The van der Waals surface area contributed by atoms with E-state index in [9.17, 15) is 0 Å². The van der Waals surface area contributed by atoms with Crippen molar-refractivity contribution < 1.29 is 0 Å². The highest BCUT2D eigenvalue weighted by molar-refractivity contribution is 6.12. The van der Waals surface area contributed by atoms with Crippen LogP contribution in [0.4, 0.5) is 0 Å². The molecule has 9 heteroatoms. The fraction of sp³-hybridized carbons (Fsp3) is 0. The van der Waals surface area contributed by atoms with E-state index in [0.29, 0.717) is 23.3 Å². The lowest BCUT2D eigenvalue weighted by molar-refractivity contribution is 1.07. The second kappa shape index (κ2) is 34.2. The van der Waals surface area contributed by atoms with E-state index >= 15 is 0 Å². The van der Waals surface area contributed by atoms with Gasteiger partial charge in [0.25, 0.3) is 0 Å². The maximum Gasteiger partial charge on any atom is 0.164 e. The number of nitrogens with zero attached hydrogens (tertiary/aromatic N) is 9. The van der Waals surface area contributed by atoms with Gasteiger partial charge in [-0.2, -0.15) is 0 Å². The lowest BCUT2D eigenvalue weighted by atomic mass is 9.94. The molecule has 598 valence electrons. The summed E-state index contributed by atoms with van der Waals surface area (Å²) in [6, 6.07) is 163. The van der Waals surface area contributed by atoms with Crippen LogP contribution in [-0.2, 0) is 0 Å². The second-order valence-corrected chi connectivity index (χ2v) is 31.9. The van der Waals surface area contributed by atoms with Crippen LogP contribution in [0.15, 0.2) is 467 Å². The molecule has 23 rings (SSSR count). The van der Waals surface area contributed by atoms with Gasteiger partial charge in [0.15, 0.2) is 23.3 Å². The summed E-state index contributed by atoms with van der Waals surface area (Å²) in [4.78, 5) is 46.6. The van der Waals surface area contributed by atoms with Gasteiger partial charge in [-0.15, -0.1) is 0 Å². The van der Waals surface area contributed by atoms with Gasteiger partial charge in [0.1, 0.15) is 0 Å².